The molecule has 0 aliphatic rings. The lowest BCUT2D eigenvalue weighted by atomic mass is 10.0. The maximum Gasteiger partial charge on any atom is 0.185 e. The monoisotopic (exact) mass is 532 g/mol. The molecule has 0 saturated carbocycles. The van der Waals surface area contributed by atoms with E-state index in [2.05, 4.69) is 26.0 Å². The zero-order chi connectivity index (χ0) is 27.8. The van der Waals surface area contributed by atoms with Gasteiger partial charge in [0.05, 0.1) is 6.61 Å². The van der Waals surface area contributed by atoms with E-state index in [1.165, 1.54) is 115 Å². The number of ketones is 1. The Kier molecular flexibility index (Phi) is 18.9. The predicted molar refractivity (Wildman–Crippen MR) is 170 cm³/mol. The van der Waals surface area contributed by atoms with Crippen molar-refractivity contribution >= 4 is 11.9 Å². The number of benzene rings is 2. The van der Waals surface area contributed by atoms with E-state index >= 15 is 0 Å². The van der Waals surface area contributed by atoms with Gasteiger partial charge in [-0.25, -0.2) is 0 Å². The molecule has 0 saturated heterocycles. The van der Waals surface area contributed by atoms with Gasteiger partial charge in [-0.1, -0.05) is 159 Å². The Balaban J connectivity index is 1.46. The van der Waals surface area contributed by atoms with Gasteiger partial charge in [0.2, 0.25) is 0 Å². The molecule has 0 radical (unpaired) electrons. The second-order valence-electron chi connectivity index (χ2n) is 11.2. The van der Waals surface area contributed by atoms with Crippen LogP contribution in [0.1, 0.15) is 151 Å². The van der Waals surface area contributed by atoms with Crippen molar-refractivity contribution in [2.75, 3.05) is 6.61 Å². The summed E-state index contributed by atoms with van der Waals surface area (Å²) < 4.78 is 5.92. The van der Waals surface area contributed by atoms with E-state index in [0.717, 1.165) is 36.3 Å². The van der Waals surface area contributed by atoms with Crippen molar-refractivity contribution in [2.45, 2.75) is 136 Å². The molecule has 0 heterocycles. The molecule has 0 amide bonds. The van der Waals surface area contributed by atoms with Crippen LogP contribution in [0.4, 0.5) is 0 Å². The summed E-state index contributed by atoms with van der Waals surface area (Å²) in [7, 11) is 0. The minimum atomic E-state index is 0.0425. The van der Waals surface area contributed by atoms with Gasteiger partial charge in [0, 0.05) is 5.56 Å². The van der Waals surface area contributed by atoms with Gasteiger partial charge in [-0.05, 0) is 48.6 Å². The van der Waals surface area contributed by atoms with Crippen molar-refractivity contribution in [3.8, 4) is 5.75 Å². The maximum absolute atomic E-state index is 12.5. The summed E-state index contributed by atoms with van der Waals surface area (Å²) >= 11 is 0. The third kappa shape index (κ3) is 16.4. The molecule has 0 N–H and O–H groups in total. The topological polar surface area (TPSA) is 26.3 Å². The normalized spacial score (nSPS) is 11.3. The van der Waals surface area contributed by atoms with E-state index < -0.39 is 0 Å². The molecule has 0 atom stereocenters. The molecule has 0 fully saturated rings. The Morgan fingerprint density at radius 1 is 0.590 bits per heavy atom. The average molecular weight is 533 g/mol. The zero-order valence-corrected chi connectivity index (χ0v) is 25.2. The maximum atomic E-state index is 12.5. The van der Waals surface area contributed by atoms with Crippen LogP contribution >= 0.6 is 0 Å². The first kappa shape index (κ1) is 32.9. The average Bonchev–Trinajstić information content (AvgIpc) is 2.97. The van der Waals surface area contributed by atoms with Crippen LogP contribution in [0.25, 0.3) is 6.08 Å². The molecule has 2 aromatic rings. The Hall–Kier alpha value is -2.35. The van der Waals surface area contributed by atoms with Gasteiger partial charge in [-0.3, -0.25) is 4.79 Å². The molecule has 2 aromatic carbocycles. The fourth-order valence-corrected chi connectivity index (χ4v) is 5.00. The Morgan fingerprint density at radius 3 is 1.59 bits per heavy atom. The fraction of sp³-hybridized carbons (Fsp3) is 0.595. The lowest BCUT2D eigenvalue weighted by molar-refractivity contribution is 0.104. The summed E-state index contributed by atoms with van der Waals surface area (Å²) in [5, 5.41) is 0. The summed E-state index contributed by atoms with van der Waals surface area (Å²) in [5.41, 5.74) is 3.05. The van der Waals surface area contributed by atoms with Crippen molar-refractivity contribution in [2.24, 2.45) is 0 Å². The number of hydrogen-bond donors (Lipinski definition) is 0. The summed E-state index contributed by atoms with van der Waals surface area (Å²) in [5.74, 6) is 0.947. The lowest BCUT2D eigenvalue weighted by Gasteiger charge is -2.07. The molecular formula is C37H56O2. The minimum Gasteiger partial charge on any atom is -0.494 e. The third-order valence-electron chi connectivity index (χ3n) is 7.63. The number of carbonyl (C=O) groups excluding carboxylic acids is 1. The van der Waals surface area contributed by atoms with Crippen molar-refractivity contribution in [3.63, 3.8) is 0 Å². The standard InChI is InChI=1S/C37H56O2/c1-3-5-7-8-9-10-11-12-13-14-15-16-17-18-19-20-32-39-36-29-24-34(25-30-36)26-31-37(38)35-27-22-33(23-28-35)21-6-4-2/h22-31H,3-21,32H2,1-2H3. The van der Waals surface area contributed by atoms with Gasteiger partial charge >= 0.3 is 0 Å². The van der Waals surface area contributed by atoms with Gasteiger partial charge in [0.25, 0.3) is 0 Å². The highest BCUT2D eigenvalue weighted by atomic mass is 16.5. The fourth-order valence-electron chi connectivity index (χ4n) is 5.00. The van der Waals surface area contributed by atoms with Crippen LogP contribution in [0, 0.1) is 0 Å². The Morgan fingerprint density at radius 2 is 1.08 bits per heavy atom. The molecule has 0 aliphatic carbocycles. The minimum absolute atomic E-state index is 0.0425. The number of rotatable bonds is 24. The molecule has 39 heavy (non-hydrogen) atoms. The van der Waals surface area contributed by atoms with E-state index in [1.54, 1.807) is 6.08 Å². The summed E-state index contributed by atoms with van der Waals surface area (Å²) in [6.07, 6.45) is 29.1. The molecule has 0 aromatic heterocycles. The number of hydrogen-bond acceptors (Lipinski definition) is 2. The second kappa shape index (κ2) is 22.5. The smallest absolute Gasteiger partial charge is 0.185 e. The number of carbonyl (C=O) groups is 1. The van der Waals surface area contributed by atoms with Crippen LogP contribution in [-0.2, 0) is 6.42 Å². The molecule has 216 valence electrons. The summed E-state index contributed by atoms with van der Waals surface area (Å²) in [4.78, 5) is 12.5. The van der Waals surface area contributed by atoms with Crippen LogP contribution < -0.4 is 4.74 Å². The van der Waals surface area contributed by atoms with E-state index in [4.69, 9.17) is 4.74 Å². The quantitative estimate of drug-likeness (QED) is 0.0763. The van der Waals surface area contributed by atoms with Crippen molar-refractivity contribution in [1.29, 1.82) is 0 Å². The first-order chi connectivity index (χ1) is 19.2. The number of unbranched alkanes of at least 4 members (excludes halogenated alkanes) is 16. The molecule has 2 heteroatoms. The molecule has 2 rings (SSSR count). The van der Waals surface area contributed by atoms with Gasteiger partial charge in [-0.2, -0.15) is 0 Å². The summed E-state index contributed by atoms with van der Waals surface area (Å²) in [6.45, 7) is 5.26. The highest BCUT2D eigenvalue weighted by molar-refractivity contribution is 6.06. The van der Waals surface area contributed by atoms with Crippen LogP contribution in [0.5, 0.6) is 5.75 Å². The van der Waals surface area contributed by atoms with Gasteiger partial charge in [-0.15, -0.1) is 0 Å². The van der Waals surface area contributed by atoms with Gasteiger partial charge in [0.1, 0.15) is 5.75 Å². The van der Waals surface area contributed by atoms with Crippen molar-refractivity contribution < 1.29 is 9.53 Å². The van der Waals surface area contributed by atoms with Crippen molar-refractivity contribution in [3.05, 3.63) is 71.3 Å². The molecule has 0 aliphatic heterocycles. The number of ether oxygens (including phenoxy) is 1. The van der Waals surface area contributed by atoms with Crippen LogP contribution in [0.15, 0.2) is 54.6 Å². The molecular weight excluding hydrogens is 476 g/mol. The van der Waals surface area contributed by atoms with E-state index in [1.807, 2.05) is 42.5 Å². The van der Waals surface area contributed by atoms with E-state index in [0.29, 0.717) is 0 Å². The SMILES string of the molecule is CCCCCCCCCCCCCCCCCCOc1ccc(C=CC(=O)c2ccc(CCCC)cc2)cc1. The predicted octanol–water partition coefficient (Wildman–Crippen LogP) is 11.6. The Bertz CT molecular complexity index is 879. The van der Waals surface area contributed by atoms with E-state index in [9.17, 15) is 4.79 Å². The van der Waals surface area contributed by atoms with Gasteiger partial charge in [0.15, 0.2) is 5.78 Å². The van der Waals surface area contributed by atoms with Crippen LogP contribution in [-0.4, -0.2) is 12.4 Å². The second-order valence-corrected chi connectivity index (χ2v) is 11.2. The Labute approximate surface area is 240 Å². The third-order valence-corrected chi connectivity index (χ3v) is 7.63. The molecule has 0 unspecified atom stereocenters. The van der Waals surface area contributed by atoms with Crippen LogP contribution in [0.3, 0.4) is 0 Å². The summed E-state index contributed by atoms with van der Waals surface area (Å²) in [6, 6.07) is 16.0. The van der Waals surface area contributed by atoms with E-state index in [-0.39, 0.29) is 5.78 Å². The highest BCUT2D eigenvalue weighted by Crippen LogP contribution is 2.16. The molecule has 0 bridgehead atoms. The zero-order valence-electron chi connectivity index (χ0n) is 25.2. The largest absolute Gasteiger partial charge is 0.494 e. The number of aryl methyl sites for hydroxylation is 1. The first-order valence-corrected chi connectivity index (χ1v) is 16.3. The first-order valence-electron chi connectivity index (χ1n) is 16.3. The number of allylic oxidation sites excluding steroid dienone is 1. The van der Waals surface area contributed by atoms with Gasteiger partial charge < -0.3 is 4.74 Å². The molecule has 0 spiro atoms. The molecule has 2 nitrogen and oxygen atoms in total. The van der Waals surface area contributed by atoms with Crippen LogP contribution in [0.2, 0.25) is 0 Å². The highest BCUT2D eigenvalue weighted by Gasteiger charge is 2.02. The lowest BCUT2D eigenvalue weighted by Crippen LogP contribution is -1.97. The van der Waals surface area contributed by atoms with Crippen molar-refractivity contribution in [1.82, 2.24) is 0 Å².